The number of carbonyl (C=O) groups excluding carboxylic acids is 1. The molecule has 0 spiro atoms. The number of hydrogen-bond donors (Lipinski definition) is 1. The number of benzene rings is 2. The van der Waals surface area contributed by atoms with Gasteiger partial charge in [-0.25, -0.2) is 4.79 Å². The van der Waals surface area contributed by atoms with E-state index in [-0.39, 0.29) is 17.4 Å². The lowest BCUT2D eigenvalue weighted by molar-refractivity contribution is -0.138. The molecule has 2 aliphatic rings. The van der Waals surface area contributed by atoms with Crippen LogP contribution in [0.4, 0.5) is 18.9 Å². The number of carbonyl (C=O) groups is 1. The third-order valence-electron chi connectivity index (χ3n) is 5.80. The van der Waals surface area contributed by atoms with E-state index in [9.17, 15) is 18.0 Å². The molecule has 0 radical (unpaired) electrons. The first kappa shape index (κ1) is 18.6. The normalized spacial score (nSPS) is 23.0. The van der Waals surface area contributed by atoms with E-state index in [1.165, 1.54) is 13.2 Å². The maximum absolute atomic E-state index is 13.6. The van der Waals surface area contributed by atoms with Crippen LogP contribution in [0.3, 0.4) is 0 Å². The molecule has 0 bridgehead atoms. The van der Waals surface area contributed by atoms with Crippen molar-refractivity contribution in [3.63, 3.8) is 0 Å². The molecule has 3 nitrogen and oxygen atoms in total. The summed E-state index contributed by atoms with van der Waals surface area (Å²) in [6.45, 7) is 1.80. The number of alkyl halides is 3. The number of hydrogen-bond acceptors (Lipinski definition) is 3. The monoisotopic (exact) mass is 387 g/mol. The number of ether oxygens (including phenoxy) is 1. The molecule has 2 aromatic carbocycles. The molecular weight excluding hydrogens is 367 g/mol. The van der Waals surface area contributed by atoms with E-state index in [1.54, 1.807) is 25.1 Å². The van der Waals surface area contributed by atoms with Crippen molar-refractivity contribution in [2.24, 2.45) is 5.92 Å². The summed E-state index contributed by atoms with van der Waals surface area (Å²) in [4.78, 5) is 12.1. The van der Waals surface area contributed by atoms with Gasteiger partial charge >= 0.3 is 12.1 Å². The van der Waals surface area contributed by atoms with Crippen LogP contribution in [0.2, 0.25) is 0 Å². The third-order valence-corrected chi connectivity index (χ3v) is 5.80. The van der Waals surface area contributed by atoms with Crippen molar-refractivity contribution >= 4 is 11.7 Å². The summed E-state index contributed by atoms with van der Waals surface area (Å²) in [6, 6.07) is 8.82. The average molecular weight is 387 g/mol. The largest absolute Gasteiger partial charge is 0.465 e. The van der Waals surface area contributed by atoms with Gasteiger partial charge < -0.3 is 10.1 Å². The molecule has 0 aromatic heterocycles. The van der Waals surface area contributed by atoms with Crippen molar-refractivity contribution in [2.45, 2.75) is 31.5 Å². The Balaban J connectivity index is 1.86. The molecule has 146 valence electrons. The van der Waals surface area contributed by atoms with Crippen LogP contribution in [0.5, 0.6) is 0 Å². The number of fused-ring (bicyclic) bond motifs is 3. The van der Waals surface area contributed by atoms with Crippen molar-refractivity contribution in [2.75, 3.05) is 12.4 Å². The first-order chi connectivity index (χ1) is 13.3. The Morgan fingerprint density at radius 3 is 2.61 bits per heavy atom. The van der Waals surface area contributed by atoms with Crippen molar-refractivity contribution in [1.29, 1.82) is 0 Å². The zero-order valence-corrected chi connectivity index (χ0v) is 15.5. The topological polar surface area (TPSA) is 38.3 Å². The van der Waals surface area contributed by atoms with Gasteiger partial charge in [-0.15, -0.1) is 0 Å². The van der Waals surface area contributed by atoms with Gasteiger partial charge in [0.25, 0.3) is 0 Å². The minimum Gasteiger partial charge on any atom is -0.465 e. The lowest BCUT2D eigenvalue weighted by atomic mass is 9.75. The van der Waals surface area contributed by atoms with E-state index in [1.807, 2.05) is 12.1 Å². The van der Waals surface area contributed by atoms with Gasteiger partial charge in [-0.2, -0.15) is 13.2 Å². The van der Waals surface area contributed by atoms with Gasteiger partial charge in [0.05, 0.1) is 24.3 Å². The van der Waals surface area contributed by atoms with Crippen molar-refractivity contribution < 1.29 is 22.7 Å². The van der Waals surface area contributed by atoms with Gasteiger partial charge in [-0.05, 0) is 48.1 Å². The molecule has 0 unspecified atom stereocenters. The lowest BCUT2D eigenvalue weighted by Gasteiger charge is -2.39. The SMILES string of the molecule is COC(=O)c1ccc2c(c1C)N[C@H](c1ccccc1C(F)(F)F)[C@H]1CC=C[C@H]21. The highest BCUT2D eigenvalue weighted by Crippen LogP contribution is 2.52. The summed E-state index contributed by atoms with van der Waals surface area (Å²) in [7, 11) is 1.31. The second-order valence-electron chi connectivity index (χ2n) is 7.25. The van der Waals surface area contributed by atoms with E-state index in [0.717, 1.165) is 17.3 Å². The molecule has 28 heavy (non-hydrogen) atoms. The summed E-state index contributed by atoms with van der Waals surface area (Å²) < 4.78 is 45.7. The number of methoxy groups -OCH3 is 1. The van der Waals surface area contributed by atoms with Crippen LogP contribution in [0.15, 0.2) is 48.6 Å². The van der Waals surface area contributed by atoms with E-state index in [0.29, 0.717) is 17.5 Å². The van der Waals surface area contributed by atoms with Gasteiger partial charge in [0, 0.05) is 11.6 Å². The van der Waals surface area contributed by atoms with E-state index in [2.05, 4.69) is 11.4 Å². The molecule has 4 rings (SSSR count). The van der Waals surface area contributed by atoms with Crippen molar-refractivity contribution in [1.82, 2.24) is 0 Å². The Hall–Kier alpha value is -2.76. The Morgan fingerprint density at radius 1 is 1.14 bits per heavy atom. The van der Waals surface area contributed by atoms with Crippen molar-refractivity contribution in [3.05, 3.63) is 76.4 Å². The average Bonchev–Trinajstić information content (AvgIpc) is 3.16. The first-order valence-electron chi connectivity index (χ1n) is 9.14. The number of esters is 1. The van der Waals surface area contributed by atoms with Gasteiger partial charge in [-0.3, -0.25) is 0 Å². The second-order valence-corrected chi connectivity index (χ2v) is 7.25. The first-order valence-corrected chi connectivity index (χ1v) is 9.14. The fourth-order valence-electron chi connectivity index (χ4n) is 4.48. The summed E-state index contributed by atoms with van der Waals surface area (Å²) in [5.41, 5.74) is 2.45. The molecule has 3 atom stereocenters. The van der Waals surface area contributed by atoms with Gasteiger partial charge in [-0.1, -0.05) is 36.4 Å². The second kappa shape index (κ2) is 6.69. The van der Waals surface area contributed by atoms with E-state index >= 15 is 0 Å². The molecular formula is C22H20F3NO2. The van der Waals surface area contributed by atoms with Crippen LogP contribution in [0.1, 0.15) is 51.0 Å². The van der Waals surface area contributed by atoms with E-state index < -0.39 is 23.8 Å². The Kier molecular flexibility index (Phi) is 4.44. The van der Waals surface area contributed by atoms with Crippen LogP contribution in [0, 0.1) is 12.8 Å². The fraction of sp³-hybridized carbons (Fsp3) is 0.318. The summed E-state index contributed by atoms with van der Waals surface area (Å²) in [5.74, 6) is -0.467. The number of halogens is 3. The molecule has 1 N–H and O–H groups in total. The minimum absolute atomic E-state index is 0.00735. The highest BCUT2D eigenvalue weighted by atomic mass is 19.4. The number of allylic oxidation sites excluding steroid dienone is 2. The lowest BCUT2D eigenvalue weighted by Crippen LogP contribution is -2.31. The van der Waals surface area contributed by atoms with Gasteiger partial charge in [0.15, 0.2) is 0 Å². The quantitative estimate of drug-likeness (QED) is 0.536. The third kappa shape index (κ3) is 2.87. The molecule has 1 aliphatic carbocycles. The summed E-state index contributed by atoms with van der Waals surface area (Å²) >= 11 is 0. The highest BCUT2D eigenvalue weighted by molar-refractivity contribution is 5.93. The molecule has 1 heterocycles. The summed E-state index contributed by atoms with van der Waals surface area (Å²) in [5, 5.41) is 3.34. The minimum atomic E-state index is -4.43. The maximum Gasteiger partial charge on any atom is 0.416 e. The molecule has 2 aromatic rings. The fourth-order valence-corrected chi connectivity index (χ4v) is 4.48. The van der Waals surface area contributed by atoms with Crippen LogP contribution < -0.4 is 5.32 Å². The molecule has 0 amide bonds. The Morgan fingerprint density at radius 2 is 1.89 bits per heavy atom. The van der Waals surface area contributed by atoms with Crippen LogP contribution in [-0.4, -0.2) is 13.1 Å². The molecule has 1 aliphatic heterocycles. The number of rotatable bonds is 2. The van der Waals surface area contributed by atoms with Crippen LogP contribution >= 0.6 is 0 Å². The van der Waals surface area contributed by atoms with Crippen molar-refractivity contribution in [3.8, 4) is 0 Å². The van der Waals surface area contributed by atoms with Gasteiger partial charge in [0.1, 0.15) is 0 Å². The van der Waals surface area contributed by atoms with Gasteiger partial charge in [0.2, 0.25) is 0 Å². The molecule has 0 saturated carbocycles. The molecule has 0 fully saturated rings. The number of nitrogens with one attached hydrogen (secondary N) is 1. The predicted octanol–water partition coefficient (Wildman–Crippen LogP) is 5.63. The predicted molar refractivity (Wildman–Crippen MR) is 100 cm³/mol. The smallest absolute Gasteiger partial charge is 0.416 e. The highest BCUT2D eigenvalue weighted by Gasteiger charge is 2.43. The molecule has 0 saturated heterocycles. The van der Waals surface area contributed by atoms with E-state index in [4.69, 9.17) is 4.74 Å². The summed E-state index contributed by atoms with van der Waals surface area (Å²) in [6.07, 6.45) is 0.360. The Bertz CT molecular complexity index is 965. The number of anilines is 1. The maximum atomic E-state index is 13.6. The zero-order chi connectivity index (χ0) is 20.1. The Labute approximate surface area is 161 Å². The van der Waals surface area contributed by atoms with Crippen LogP contribution in [-0.2, 0) is 10.9 Å². The zero-order valence-electron chi connectivity index (χ0n) is 15.5. The molecule has 6 heteroatoms. The van der Waals surface area contributed by atoms with Crippen LogP contribution in [0.25, 0.3) is 0 Å². The standard InChI is InChI=1S/C22H20F3NO2/c1-12-13(21(27)28-2)10-11-16-14-7-5-8-15(14)20(26-19(12)16)17-6-3-4-9-18(17)22(23,24)25/h3-7,9-11,14-15,20,26H,8H2,1-2H3/t14-,15-,20-/m0/s1.